The molecule has 98 valence electrons. The highest BCUT2D eigenvalue weighted by Crippen LogP contribution is 2.25. The monoisotopic (exact) mass is 421 g/mol. The van der Waals surface area contributed by atoms with Gasteiger partial charge in [-0.3, -0.25) is 4.79 Å². The molecule has 0 aromatic heterocycles. The summed E-state index contributed by atoms with van der Waals surface area (Å²) in [5, 5.41) is 3.18. The van der Waals surface area contributed by atoms with Gasteiger partial charge in [-0.15, -0.1) is 0 Å². The first-order valence-electron chi connectivity index (χ1n) is 6.34. The zero-order chi connectivity index (χ0) is 13.1. The molecule has 0 saturated heterocycles. The number of amides is 1. The lowest BCUT2D eigenvalue weighted by molar-refractivity contribution is 0.0909. The van der Waals surface area contributed by atoms with E-state index >= 15 is 0 Å². The van der Waals surface area contributed by atoms with Gasteiger partial charge in [-0.25, -0.2) is 0 Å². The molecule has 1 amide bonds. The number of benzene rings is 1. The number of hydrogen-bond acceptors (Lipinski definition) is 1. The van der Waals surface area contributed by atoms with Gasteiger partial charge in [0.05, 0.1) is 5.56 Å². The summed E-state index contributed by atoms with van der Waals surface area (Å²) >= 11 is 5.68. The van der Waals surface area contributed by atoms with Crippen LogP contribution in [-0.2, 0) is 0 Å². The predicted molar refractivity (Wildman–Crippen MR) is 85.7 cm³/mol. The highest BCUT2D eigenvalue weighted by atomic mass is 127. The fourth-order valence-corrected chi connectivity index (χ4v) is 3.37. The summed E-state index contributed by atoms with van der Waals surface area (Å²) in [6.45, 7) is 2.23. The second-order valence-corrected chi connectivity index (χ2v) is 7.07. The average molecular weight is 422 g/mol. The van der Waals surface area contributed by atoms with Crippen molar-refractivity contribution in [3.8, 4) is 0 Å². The van der Waals surface area contributed by atoms with Crippen LogP contribution in [-0.4, -0.2) is 11.9 Å². The van der Waals surface area contributed by atoms with E-state index in [2.05, 4.69) is 50.8 Å². The topological polar surface area (TPSA) is 29.1 Å². The van der Waals surface area contributed by atoms with E-state index in [1.165, 1.54) is 19.3 Å². The second-order valence-electron chi connectivity index (χ2n) is 4.97. The van der Waals surface area contributed by atoms with Crippen molar-refractivity contribution in [1.29, 1.82) is 0 Å². The molecule has 2 unspecified atom stereocenters. The largest absolute Gasteiger partial charge is 0.349 e. The number of rotatable bonds is 2. The molecule has 0 spiro atoms. The number of nitrogens with one attached hydrogen (secondary N) is 1. The lowest BCUT2D eigenvalue weighted by Gasteiger charge is -2.29. The number of carbonyl (C=O) groups is 1. The molecule has 1 aromatic rings. The molecule has 1 aromatic carbocycles. The van der Waals surface area contributed by atoms with Gasteiger partial charge < -0.3 is 5.32 Å². The average Bonchev–Trinajstić information content (AvgIpc) is 2.35. The molecule has 2 rings (SSSR count). The molecule has 0 bridgehead atoms. The van der Waals surface area contributed by atoms with Crippen LogP contribution >= 0.6 is 38.5 Å². The van der Waals surface area contributed by atoms with Crippen molar-refractivity contribution >= 4 is 44.4 Å². The van der Waals surface area contributed by atoms with E-state index in [-0.39, 0.29) is 5.91 Å². The predicted octanol–water partition coefficient (Wildman–Crippen LogP) is 4.36. The van der Waals surface area contributed by atoms with Crippen LogP contribution in [0.4, 0.5) is 0 Å². The second kappa shape index (κ2) is 6.37. The smallest absolute Gasteiger partial charge is 0.252 e. The van der Waals surface area contributed by atoms with Crippen molar-refractivity contribution in [2.75, 3.05) is 0 Å². The summed E-state index contributed by atoms with van der Waals surface area (Å²) in [6, 6.07) is 6.18. The highest BCUT2D eigenvalue weighted by molar-refractivity contribution is 14.1. The summed E-state index contributed by atoms with van der Waals surface area (Å²) in [4.78, 5) is 12.3. The minimum Gasteiger partial charge on any atom is -0.349 e. The van der Waals surface area contributed by atoms with Crippen molar-refractivity contribution in [2.24, 2.45) is 5.92 Å². The van der Waals surface area contributed by atoms with Crippen molar-refractivity contribution in [1.82, 2.24) is 5.32 Å². The van der Waals surface area contributed by atoms with Gasteiger partial charge in [0.1, 0.15) is 0 Å². The first-order chi connectivity index (χ1) is 8.58. The van der Waals surface area contributed by atoms with Gasteiger partial charge in [-0.2, -0.15) is 0 Å². The van der Waals surface area contributed by atoms with Crippen LogP contribution < -0.4 is 5.32 Å². The zero-order valence-corrected chi connectivity index (χ0v) is 14.1. The van der Waals surface area contributed by atoms with Gasteiger partial charge in [-0.1, -0.05) is 19.8 Å². The van der Waals surface area contributed by atoms with Gasteiger partial charge in [0, 0.05) is 14.1 Å². The number of halogens is 2. The van der Waals surface area contributed by atoms with Gasteiger partial charge >= 0.3 is 0 Å². The molecule has 0 aliphatic heterocycles. The van der Waals surface area contributed by atoms with Gasteiger partial charge in [0.25, 0.3) is 5.91 Å². The van der Waals surface area contributed by atoms with Gasteiger partial charge in [0.15, 0.2) is 0 Å². The standard InChI is InChI=1S/C14H17BrINO/c1-9-4-2-3-5-13(9)17-14(18)11-8-10(16)6-7-12(11)15/h6-9,13H,2-5H2,1H3,(H,17,18). The van der Waals surface area contributed by atoms with Crippen LogP contribution in [0, 0.1) is 9.49 Å². The molecule has 0 radical (unpaired) electrons. The van der Waals surface area contributed by atoms with E-state index in [1.54, 1.807) is 0 Å². The normalized spacial score (nSPS) is 23.7. The number of hydrogen-bond donors (Lipinski definition) is 1. The summed E-state index contributed by atoms with van der Waals surface area (Å²) < 4.78 is 1.95. The van der Waals surface area contributed by atoms with E-state index in [0.29, 0.717) is 12.0 Å². The fraction of sp³-hybridized carbons (Fsp3) is 0.500. The van der Waals surface area contributed by atoms with Crippen LogP contribution in [0.1, 0.15) is 43.0 Å². The third-order valence-electron chi connectivity index (χ3n) is 3.60. The Labute approximate surface area is 130 Å². The molecule has 2 nitrogen and oxygen atoms in total. The van der Waals surface area contributed by atoms with Crippen LogP contribution in [0.3, 0.4) is 0 Å². The molecule has 1 saturated carbocycles. The Balaban J connectivity index is 2.09. The van der Waals surface area contributed by atoms with E-state index < -0.39 is 0 Å². The first kappa shape index (κ1) is 14.3. The molecule has 2 atom stereocenters. The highest BCUT2D eigenvalue weighted by Gasteiger charge is 2.23. The molecule has 18 heavy (non-hydrogen) atoms. The maximum atomic E-state index is 12.3. The van der Waals surface area contributed by atoms with Crippen molar-refractivity contribution in [3.63, 3.8) is 0 Å². The Morgan fingerprint density at radius 1 is 1.39 bits per heavy atom. The lowest BCUT2D eigenvalue weighted by Crippen LogP contribution is -2.41. The first-order valence-corrected chi connectivity index (χ1v) is 8.21. The quantitative estimate of drug-likeness (QED) is 0.706. The maximum absolute atomic E-state index is 12.3. The Hall–Kier alpha value is -0.100. The van der Waals surface area contributed by atoms with E-state index in [4.69, 9.17) is 0 Å². The van der Waals surface area contributed by atoms with Crippen LogP contribution in [0.15, 0.2) is 22.7 Å². The molecular formula is C14H17BrINO. The minimum absolute atomic E-state index is 0.0409. The Morgan fingerprint density at radius 3 is 2.83 bits per heavy atom. The molecule has 0 heterocycles. The molecule has 1 aliphatic carbocycles. The van der Waals surface area contributed by atoms with Crippen molar-refractivity contribution in [2.45, 2.75) is 38.6 Å². The van der Waals surface area contributed by atoms with Crippen molar-refractivity contribution in [3.05, 3.63) is 31.8 Å². The Kier molecular flexibility index (Phi) is 5.06. The van der Waals surface area contributed by atoms with Gasteiger partial charge in [0.2, 0.25) is 0 Å². The summed E-state index contributed by atoms with van der Waals surface area (Å²) in [5.41, 5.74) is 0.736. The van der Waals surface area contributed by atoms with Crippen LogP contribution in [0.2, 0.25) is 0 Å². The van der Waals surface area contributed by atoms with Gasteiger partial charge in [-0.05, 0) is 75.5 Å². The minimum atomic E-state index is 0.0409. The van der Waals surface area contributed by atoms with Crippen LogP contribution in [0.25, 0.3) is 0 Å². The van der Waals surface area contributed by atoms with Crippen LogP contribution in [0.5, 0.6) is 0 Å². The van der Waals surface area contributed by atoms with E-state index in [9.17, 15) is 4.79 Å². The summed E-state index contributed by atoms with van der Waals surface area (Å²) in [5.74, 6) is 0.628. The summed E-state index contributed by atoms with van der Waals surface area (Å²) in [7, 11) is 0. The summed E-state index contributed by atoms with van der Waals surface area (Å²) in [6.07, 6.45) is 4.84. The maximum Gasteiger partial charge on any atom is 0.252 e. The number of carbonyl (C=O) groups excluding carboxylic acids is 1. The van der Waals surface area contributed by atoms with E-state index in [0.717, 1.165) is 20.0 Å². The molecule has 4 heteroatoms. The molecule has 1 aliphatic rings. The zero-order valence-electron chi connectivity index (χ0n) is 10.4. The van der Waals surface area contributed by atoms with E-state index in [1.807, 2.05) is 18.2 Å². The molecule has 1 N–H and O–H groups in total. The molecule has 1 fully saturated rings. The molecular weight excluding hydrogens is 405 g/mol. The Morgan fingerprint density at radius 2 is 2.11 bits per heavy atom. The SMILES string of the molecule is CC1CCCCC1NC(=O)c1cc(I)ccc1Br. The Bertz CT molecular complexity index is 449. The third kappa shape index (κ3) is 3.47. The fourth-order valence-electron chi connectivity index (χ4n) is 2.45. The van der Waals surface area contributed by atoms with Crippen molar-refractivity contribution < 1.29 is 4.79 Å². The third-order valence-corrected chi connectivity index (χ3v) is 4.96. The lowest BCUT2D eigenvalue weighted by atomic mass is 9.86.